The maximum absolute atomic E-state index is 11.9. The van der Waals surface area contributed by atoms with E-state index in [1.54, 1.807) is 12.1 Å². The fraction of sp³-hybridized carbons (Fsp3) is 0.250. The highest BCUT2D eigenvalue weighted by Crippen LogP contribution is 2.23. The lowest BCUT2D eigenvalue weighted by Crippen LogP contribution is -2.40. The molecule has 7 nitrogen and oxygen atoms in total. The van der Waals surface area contributed by atoms with Gasteiger partial charge in [0.25, 0.3) is 11.8 Å². The van der Waals surface area contributed by atoms with E-state index in [4.69, 9.17) is 9.94 Å². The molecule has 0 unspecified atom stereocenters. The van der Waals surface area contributed by atoms with E-state index >= 15 is 0 Å². The fourth-order valence-electron chi connectivity index (χ4n) is 1.67. The van der Waals surface area contributed by atoms with Crippen LogP contribution in [0.15, 0.2) is 24.3 Å². The molecule has 1 aliphatic heterocycles. The maximum atomic E-state index is 11.9. The summed E-state index contributed by atoms with van der Waals surface area (Å²) >= 11 is 0. The van der Waals surface area contributed by atoms with E-state index in [0.29, 0.717) is 5.06 Å². The van der Waals surface area contributed by atoms with E-state index in [0.717, 1.165) is 7.11 Å². The molecule has 19 heavy (non-hydrogen) atoms. The summed E-state index contributed by atoms with van der Waals surface area (Å²) in [6, 6.07) is 6.17. The second kappa shape index (κ2) is 5.17. The Morgan fingerprint density at radius 3 is 2.21 bits per heavy atom. The molecule has 0 fully saturated rings. The van der Waals surface area contributed by atoms with Gasteiger partial charge in [0.05, 0.1) is 24.8 Å². The topological polar surface area (TPSA) is 93.1 Å². The zero-order valence-corrected chi connectivity index (χ0v) is 10.0. The van der Waals surface area contributed by atoms with Crippen LogP contribution in [0.4, 0.5) is 0 Å². The zero-order valence-electron chi connectivity index (χ0n) is 10.0. The number of hydrogen-bond acceptors (Lipinski definition) is 6. The molecule has 0 saturated heterocycles. The molecule has 1 N–H and O–H groups in total. The van der Waals surface area contributed by atoms with Crippen molar-refractivity contribution < 1.29 is 29.1 Å². The number of benzene rings is 1. The van der Waals surface area contributed by atoms with Crippen molar-refractivity contribution in [1.82, 2.24) is 5.06 Å². The Hall–Kier alpha value is -2.25. The monoisotopic (exact) mass is 265 g/mol. The molecule has 0 saturated carbocycles. The average molecular weight is 265 g/mol. The third-order valence-corrected chi connectivity index (χ3v) is 2.62. The van der Waals surface area contributed by atoms with E-state index in [-0.39, 0.29) is 11.1 Å². The van der Waals surface area contributed by atoms with E-state index in [1.165, 1.54) is 12.1 Å². The maximum Gasteiger partial charge on any atom is 0.340 e. The molecule has 1 aromatic rings. The average Bonchev–Trinajstić information content (AvgIpc) is 2.68. The number of imide groups is 1. The van der Waals surface area contributed by atoms with Crippen LogP contribution in [0.1, 0.15) is 20.7 Å². The Kier molecular flexibility index (Phi) is 3.59. The Morgan fingerprint density at radius 2 is 1.79 bits per heavy atom. The standard InChI is InChI=1S/C12H11NO6/c1-18-12(17)9(6-14)19-13-10(15)7-4-2-3-5-8(7)11(13)16/h2-5,9,14H,6H2,1H3/t9-/m1/s1. The van der Waals surface area contributed by atoms with Crippen LogP contribution >= 0.6 is 0 Å². The summed E-state index contributed by atoms with van der Waals surface area (Å²) in [5.74, 6) is -2.23. The van der Waals surface area contributed by atoms with Crippen molar-refractivity contribution in [2.75, 3.05) is 13.7 Å². The normalized spacial score (nSPS) is 15.4. The third-order valence-electron chi connectivity index (χ3n) is 2.62. The minimum absolute atomic E-state index is 0.189. The molecule has 0 aromatic heterocycles. The van der Waals surface area contributed by atoms with Crippen molar-refractivity contribution in [2.24, 2.45) is 0 Å². The minimum atomic E-state index is -1.42. The van der Waals surface area contributed by atoms with Gasteiger partial charge in [-0.3, -0.25) is 9.59 Å². The molecule has 0 bridgehead atoms. The number of hydrogen-bond donors (Lipinski definition) is 1. The number of carbonyl (C=O) groups excluding carboxylic acids is 3. The number of aliphatic hydroxyl groups excluding tert-OH is 1. The van der Waals surface area contributed by atoms with Gasteiger partial charge in [0.1, 0.15) is 0 Å². The number of esters is 1. The molecule has 0 aliphatic carbocycles. The van der Waals surface area contributed by atoms with Crippen molar-refractivity contribution in [3.8, 4) is 0 Å². The number of hydroxylamine groups is 2. The molecular formula is C12H11NO6. The van der Waals surface area contributed by atoms with Crippen molar-refractivity contribution >= 4 is 17.8 Å². The van der Waals surface area contributed by atoms with Crippen LogP contribution in [0.3, 0.4) is 0 Å². The van der Waals surface area contributed by atoms with Crippen LogP contribution in [-0.4, -0.2) is 47.8 Å². The molecule has 1 aliphatic rings. The van der Waals surface area contributed by atoms with Gasteiger partial charge in [-0.15, -0.1) is 5.06 Å². The van der Waals surface area contributed by atoms with E-state index in [1.807, 2.05) is 0 Å². The fourth-order valence-corrected chi connectivity index (χ4v) is 1.67. The first kappa shape index (κ1) is 13.2. The quantitative estimate of drug-likeness (QED) is 0.596. The summed E-state index contributed by atoms with van der Waals surface area (Å²) in [4.78, 5) is 40.0. The molecule has 1 atom stereocenters. The van der Waals surface area contributed by atoms with Gasteiger partial charge in [-0.05, 0) is 12.1 Å². The van der Waals surface area contributed by atoms with Gasteiger partial charge in [0, 0.05) is 0 Å². The van der Waals surface area contributed by atoms with Crippen molar-refractivity contribution in [3.05, 3.63) is 35.4 Å². The second-order valence-electron chi connectivity index (χ2n) is 3.75. The van der Waals surface area contributed by atoms with Crippen molar-refractivity contribution in [1.29, 1.82) is 0 Å². The van der Waals surface area contributed by atoms with Crippen LogP contribution in [0, 0.1) is 0 Å². The van der Waals surface area contributed by atoms with Crippen LogP contribution in [0.2, 0.25) is 0 Å². The first-order valence-corrected chi connectivity index (χ1v) is 5.43. The largest absolute Gasteiger partial charge is 0.467 e. The third kappa shape index (κ3) is 2.20. The van der Waals surface area contributed by atoms with Crippen molar-refractivity contribution in [2.45, 2.75) is 6.10 Å². The summed E-state index contributed by atoms with van der Waals surface area (Å²) in [6.45, 7) is -0.708. The van der Waals surface area contributed by atoms with E-state index in [9.17, 15) is 14.4 Å². The first-order valence-electron chi connectivity index (χ1n) is 5.43. The molecule has 1 aromatic carbocycles. The van der Waals surface area contributed by atoms with Gasteiger partial charge in [-0.25, -0.2) is 9.63 Å². The first-order chi connectivity index (χ1) is 9.10. The lowest BCUT2D eigenvalue weighted by atomic mass is 10.1. The number of rotatable bonds is 4. The lowest BCUT2D eigenvalue weighted by Gasteiger charge is -2.18. The van der Waals surface area contributed by atoms with E-state index in [2.05, 4.69) is 4.74 Å². The molecule has 7 heteroatoms. The molecule has 100 valence electrons. The second-order valence-corrected chi connectivity index (χ2v) is 3.75. The summed E-state index contributed by atoms with van der Waals surface area (Å²) in [5, 5.41) is 9.46. The molecular weight excluding hydrogens is 254 g/mol. The van der Waals surface area contributed by atoms with Gasteiger partial charge < -0.3 is 9.84 Å². The number of carbonyl (C=O) groups is 3. The summed E-state index contributed by atoms with van der Waals surface area (Å²) in [7, 11) is 1.11. The number of ether oxygens (including phenoxy) is 1. The number of methoxy groups -OCH3 is 1. The van der Waals surface area contributed by atoms with Crippen molar-refractivity contribution in [3.63, 3.8) is 0 Å². The van der Waals surface area contributed by atoms with E-state index < -0.39 is 30.5 Å². The van der Waals surface area contributed by atoms with Gasteiger partial charge in [0.15, 0.2) is 0 Å². The SMILES string of the molecule is COC(=O)[C@@H](CO)ON1C(=O)c2ccccc2C1=O. The summed E-state index contributed by atoms with van der Waals surface area (Å²) in [6.07, 6.45) is -1.42. The highest BCUT2D eigenvalue weighted by Gasteiger charge is 2.39. The van der Waals surface area contributed by atoms with Crippen LogP contribution in [-0.2, 0) is 14.4 Å². The zero-order chi connectivity index (χ0) is 14.0. The number of nitrogens with zero attached hydrogens (tertiary/aromatic N) is 1. The van der Waals surface area contributed by atoms with Gasteiger partial charge in [-0.1, -0.05) is 12.1 Å². The number of aliphatic hydroxyl groups is 1. The lowest BCUT2D eigenvalue weighted by molar-refractivity contribution is -0.183. The minimum Gasteiger partial charge on any atom is -0.467 e. The van der Waals surface area contributed by atoms with Crippen LogP contribution < -0.4 is 0 Å². The summed E-state index contributed by atoms with van der Waals surface area (Å²) < 4.78 is 4.39. The molecule has 2 rings (SSSR count). The highest BCUT2D eigenvalue weighted by molar-refractivity contribution is 6.20. The van der Waals surface area contributed by atoms with Crippen LogP contribution in [0.25, 0.3) is 0 Å². The number of amides is 2. The predicted molar refractivity (Wildman–Crippen MR) is 60.9 cm³/mol. The predicted octanol–water partition coefficient (Wildman–Crippen LogP) is -0.252. The summed E-state index contributed by atoms with van der Waals surface area (Å²) in [5.41, 5.74) is 0.378. The van der Waals surface area contributed by atoms with Gasteiger partial charge >= 0.3 is 5.97 Å². The Bertz CT molecular complexity index is 506. The smallest absolute Gasteiger partial charge is 0.340 e. The Morgan fingerprint density at radius 1 is 1.26 bits per heavy atom. The van der Waals surface area contributed by atoms with Gasteiger partial charge in [-0.2, -0.15) is 0 Å². The number of fused-ring (bicyclic) bond motifs is 1. The highest BCUT2D eigenvalue weighted by atomic mass is 16.7. The molecule has 0 radical (unpaired) electrons. The van der Waals surface area contributed by atoms with Crippen LogP contribution in [0.5, 0.6) is 0 Å². The Balaban J connectivity index is 2.22. The molecule has 2 amide bonds. The molecule has 1 heterocycles. The Labute approximate surface area is 108 Å². The molecule has 0 spiro atoms. The van der Waals surface area contributed by atoms with Gasteiger partial charge in [0.2, 0.25) is 6.10 Å².